The van der Waals surface area contributed by atoms with Crippen LogP contribution in [0.25, 0.3) is 11.0 Å². The number of nitrogens with one attached hydrogen (secondary N) is 2. The van der Waals surface area contributed by atoms with E-state index in [2.05, 4.69) is 10.3 Å². The lowest BCUT2D eigenvalue weighted by Crippen LogP contribution is -2.35. The zero-order valence-corrected chi connectivity index (χ0v) is 18.7. The van der Waals surface area contributed by atoms with Crippen molar-refractivity contribution in [1.29, 1.82) is 0 Å². The highest BCUT2D eigenvalue weighted by atomic mass is 32.2. The molecule has 4 rings (SSSR count). The lowest BCUT2D eigenvalue weighted by Gasteiger charge is -2.25. The number of aromatic amines is 1. The Kier molecular flexibility index (Phi) is 6.33. The number of amides is 1. The van der Waals surface area contributed by atoms with Crippen LogP contribution in [-0.2, 0) is 21.4 Å². The Bertz CT molecular complexity index is 1270. The largest absolute Gasteiger partial charge is 0.497 e. The number of hydrogen-bond acceptors (Lipinski definition) is 5. The number of anilines is 1. The van der Waals surface area contributed by atoms with Gasteiger partial charge in [0.15, 0.2) is 0 Å². The van der Waals surface area contributed by atoms with Gasteiger partial charge in [-0.3, -0.25) is 9.36 Å². The van der Waals surface area contributed by atoms with Gasteiger partial charge in [-0.05, 0) is 55.3 Å². The zero-order chi connectivity index (χ0) is 22.7. The summed E-state index contributed by atoms with van der Waals surface area (Å²) in [7, 11) is -2.03. The summed E-state index contributed by atoms with van der Waals surface area (Å²) in [6, 6.07) is 11.6. The van der Waals surface area contributed by atoms with Crippen molar-refractivity contribution in [1.82, 2.24) is 13.9 Å². The minimum absolute atomic E-state index is 0.0900. The maximum atomic E-state index is 12.9. The molecule has 0 aliphatic carbocycles. The van der Waals surface area contributed by atoms with E-state index < -0.39 is 10.0 Å². The van der Waals surface area contributed by atoms with Gasteiger partial charge in [0.1, 0.15) is 5.75 Å². The Morgan fingerprint density at radius 1 is 1.09 bits per heavy atom. The highest BCUT2D eigenvalue weighted by Crippen LogP contribution is 2.23. The van der Waals surface area contributed by atoms with Gasteiger partial charge in [0.05, 0.1) is 23.0 Å². The molecule has 170 valence electrons. The standard InChI is InChI=1S/C22H26N4O5S/c1-31-17-7-5-16(6-8-17)23-21(27)11-14-26-20-10-9-18(15-19(20)24-22(26)28)32(29,30)25-12-3-2-4-13-25/h5-10,15H,2-4,11-14H2,1H3,(H,23,27)(H,24,28). The van der Waals surface area contributed by atoms with E-state index in [1.807, 2.05) is 0 Å². The molecule has 2 aromatic carbocycles. The predicted octanol–water partition coefficient (Wildman–Crippen LogP) is 2.54. The summed E-state index contributed by atoms with van der Waals surface area (Å²) >= 11 is 0. The summed E-state index contributed by atoms with van der Waals surface area (Å²) < 4.78 is 33.9. The van der Waals surface area contributed by atoms with E-state index in [0.717, 1.165) is 19.3 Å². The third kappa shape index (κ3) is 4.56. The van der Waals surface area contributed by atoms with Gasteiger partial charge in [0.25, 0.3) is 0 Å². The third-order valence-corrected chi connectivity index (χ3v) is 7.53. The summed E-state index contributed by atoms with van der Waals surface area (Å²) in [5.41, 5.74) is 1.24. The molecule has 3 aromatic rings. The fourth-order valence-electron chi connectivity index (χ4n) is 3.89. The normalized spacial score (nSPS) is 15.0. The number of aryl methyl sites for hydroxylation is 1. The van der Waals surface area contributed by atoms with Gasteiger partial charge in [0, 0.05) is 31.7 Å². The fraction of sp³-hybridized carbons (Fsp3) is 0.364. The quantitative estimate of drug-likeness (QED) is 0.565. The first-order valence-corrected chi connectivity index (χ1v) is 12.0. The SMILES string of the molecule is COc1ccc(NC(=O)CCn2c(=O)[nH]c3cc(S(=O)(=O)N4CCCCC4)ccc32)cc1. The lowest BCUT2D eigenvalue weighted by atomic mass is 10.2. The molecule has 1 amide bonds. The number of carbonyl (C=O) groups excluding carboxylic acids is 1. The molecule has 1 aliphatic rings. The number of benzene rings is 2. The molecule has 0 radical (unpaired) electrons. The molecule has 0 spiro atoms. The van der Waals surface area contributed by atoms with Gasteiger partial charge < -0.3 is 15.0 Å². The molecule has 0 unspecified atom stereocenters. The number of fused-ring (bicyclic) bond motifs is 1. The van der Waals surface area contributed by atoms with E-state index in [1.54, 1.807) is 37.4 Å². The van der Waals surface area contributed by atoms with Gasteiger partial charge in [-0.25, -0.2) is 13.2 Å². The number of sulfonamides is 1. The lowest BCUT2D eigenvalue weighted by molar-refractivity contribution is -0.116. The van der Waals surface area contributed by atoms with Crippen molar-refractivity contribution in [3.05, 3.63) is 52.9 Å². The molecular formula is C22H26N4O5S. The van der Waals surface area contributed by atoms with E-state index in [9.17, 15) is 18.0 Å². The summed E-state index contributed by atoms with van der Waals surface area (Å²) in [5.74, 6) is 0.454. The molecule has 2 heterocycles. The van der Waals surface area contributed by atoms with Crippen molar-refractivity contribution in [3.63, 3.8) is 0 Å². The maximum Gasteiger partial charge on any atom is 0.326 e. The van der Waals surface area contributed by atoms with Crippen molar-refractivity contribution in [3.8, 4) is 5.75 Å². The summed E-state index contributed by atoms with van der Waals surface area (Å²) in [6.45, 7) is 1.20. The first kappa shape index (κ1) is 22.1. The number of ether oxygens (including phenoxy) is 1. The van der Waals surface area contributed by atoms with Crippen LogP contribution in [0, 0.1) is 0 Å². The smallest absolute Gasteiger partial charge is 0.326 e. The zero-order valence-electron chi connectivity index (χ0n) is 17.8. The molecule has 0 bridgehead atoms. The highest BCUT2D eigenvalue weighted by molar-refractivity contribution is 7.89. The summed E-state index contributed by atoms with van der Waals surface area (Å²) in [4.78, 5) is 27.6. The molecule has 1 saturated heterocycles. The number of rotatable bonds is 7. The van der Waals surface area contributed by atoms with E-state index >= 15 is 0 Å². The molecule has 0 saturated carbocycles. The first-order valence-electron chi connectivity index (χ1n) is 10.5. The number of imidazole rings is 1. The summed E-state index contributed by atoms with van der Waals surface area (Å²) in [5, 5.41) is 2.78. The minimum atomic E-state index is -3.59. The fourth-order valence-corrected chi connectivity index (χ4v) is 5.43. The van der Waals surface area contributed by atoms with Crippen LogP contribution in [0.4, 0.5) is 5.69 Å². The molecule has 2 N–H and O–H groups in total. The van der Waals surface area contributed by atoms with Gasteiger partial charge >= 0.3 is 5.69 Å². The van der Waals surface area contributed by atoms with Gasteiger partial charge in [0.2, 0.25) is 15.9 Å². The minimum Gasteiger partial charge on any atom is -0.497 e. The third-order valence-electron chi connectivity index (χ3n) is 5.63. The number of piperidine rings is 1. The van der Waals surface area contributed by atoms with Crippen LogP contribution >= 0.6 is 0 Å². The molecule has 1 aliphatic heterocycles. The second-order valence-corrected chi connectivity index (χ2v) is 9.69. The van der Waals surface area contributed by atoms with Crippen LogP contribution in [0.1, 0.15) is 25.7 Å². The first-order chi connectivity index (χ1) is 15.4. The van der Waals surface area contributed by atoms with Gasteiger partial charge in [-0.1, -0.05) is 6.42 Å². The Balaban J connectivity index is 1.48. The maximum absolute atomic E-state index is 12.9. The number of methoxy groups -OCH3 is 1. The molecule has 1 aromatic heterocycles. The van der Waals surface area contributed by atoms with Crippen molar-refractivity contribution in [2.24, 2.45) is 0 Å². The number of carbonyl (C=O) groups is 1. The van der Waals surface area contributed by atoms with Crippen molar-refractivity contribution in [2.75, 3.05) is 25.5 Å². The van der Waals surface area contributed by atoms with Crippen LogP contribution in [0.15, 0.2) is 52.2 Å². The monoisotopic (exact) mass is 458 g/mol. The number of hydrogen-bond donors (Lipinski definition) is 2. The predicted molar refractivity (Wildman–Crippen MR) is 121 cm³/mol. The molecule has 9 nitrogen and oxygen atoms in total. The van der Waals surface area contributed by atoms with Crippen LogP contribution in [-0.4, -0.2) is 48.4 Å². The van der Waals surface area contributed by atoms with Crippen LogP contribution in [0.5, 0.6) is 5.75 Å². The van der Waals surface area contributed by atoms with E-state index in [4.69, 9.17) is 4.74 Å². The molecular weight excluding hydrogens is 432 g/mol. The van der Waals surface area contributed by atoms with E-state index in [-0.39, 0.29) is 29.5 Å². The van der Waals surface area contributed by atoms with E-state index in [0.29, 0.717) is 35.6 Å². The molecule has 0 atom stereocenters. The average molecular weight is 459 g/mol. The Labute approximate surface area is 186 Å². The van der Waals surface area contributed by atoms with Gasteiger partial charge in [-0.2, -0.15) is 4.31 Å². The van der Waals surface area contributed by atoms with Gasteiger partial charge in [-0.15, -0.1) is 0 Å². The van der Waals surface area contributed by atoms with Crippen molar-refractivity contribution < 1.29 is 17.9 Å². The van der Waals surface area contributed by atoms with Crippen LogP contribution in [0.2, 0.25) is 0 Å². The van der Waals surface area contributed by atoms with Crippen molar-refractivity contribution in [2.45, 2.75) is 37.1 Å². The Morgan fingerprint density at radius 3 is 2.50 bits per heavy atom. The van der Waals surface area contributed by atoms with Crippen LogP contribution < -0.4 is 15.7 Å². The molecule has 10 heteroatoms. The average Bonchev–Trinajstić information content (AvgIpc) is 3.13. The van der Waals surface area contributed by atoms with Crippen LogP contribution in [0.3, 0.4) is 0 Å². The van der Waals surface area contributed by atoms with Crippen molar-refractivity contribution >= 4 is 32.7 Å². The Morgan fingerprint density at radius 2 is 1.81 bits per heavy atom. The number of H-pyrrole nitrogens is 1. The molecule has 1 fully saturated rings. The van der Waals surface area contributed by atoms with E-state index in [1.165, 1.54) is 21.0 Å². The number of nitrogens with zero attached hydrogens (tertiary/aromatic N) is 2. The highest BCUT2D eigenvalue weighted by Gasteiger charge is 2.26. The molecule has 32 heavy (non-hydrogen) atoms. The summed E-state index contributed by atoms with van der Waals surface area (Å²) in [6.07, 6.45) is 2.83. The topological polar surface area (TPSA) is 113 Å². The second-order valence-electron chi connectivity index (χ2n) is 7.75. The second kappa shape index (κ2) is 9.17. The Hall–Kier alpha value is -3.11. The number of aromatic nitrogens is 2.